The van der Waals surface area contributed by atoms with Crippen LogP contribution in [0.25, 0.3) is 21.8 Å². The molecule has 0 saturated carbocycles. The molecular weight excluding hydrogens is 368 g/mol. The molecule has 1 amide bonds. The van der Waals surface area contributed by atoms with Gasteiger partial charge >= 0.3 is 0 Å². The number of unbranched alkanes of at least 4 members (excludes halogenated alkanes) is 1. The molecule has 0 spiro atoms. The van der Waals surface area contributed by atoms with Crippen molar-refractivity contribution in [3.05, 3.63) is 39.8 Å². The predicted octanol–water partition coefficient (Wildman–Crippen LogP) is 1.61. The maximum Gasteiger partial charge on any atom is 0.262 e. The van der Waals surface area contributed by atoms with Crippen LogP contribution in [0.3, 0.4) is 0 Å². The van der Waals surface area contributed by atoms with E-state index in [-0.39, 0.29) is 11.5 Å². The van der Waals surface area contributed by atoms with Crippen molar-refractivity contribution in [1.29, 1.82) is 0 Å². The minimum atomic E-state index is -0.132. The van der Waals surface area contributed by atoms with E-state index >= 15 is 0 Å². The van der Waals surface area contributed by atoms with E-state index in [0.717, 1.165) is 30.5 Å². The van der Waals surface area contributed by atoms with Crippen molar-refractivity contribution in [3.63, 3.8) is 0 Å². The van der Waals surface area contributed by atoms with Crippen LogP contribution >= 0.6 is 0 Å². The number of pyridine rings is 1. The van der Waals surface area contributed by atoms with Crippen molar-refractivity contribution in [2.75, 3.05) is 33.7 Å². The number of H-pyrrole nitrogens is 1. The fourth-order valence-electron chi connectivity index (χ4n) is 3.55. The van der Waals surface area contributed by atoms with Crippen molar-refractivity contribution in [2.24, 2.45) is 5.73 Å². The lowest BCUT2D eigenvalue weighted by Crippen LogP contribution is -2.26. The average molecular weight is 399 g/mol. The zero-order valence-corrected chi connectivity index (χ0v) is 17.4. The van der Waals surface area contributed by atoms with E-state index in [1.807, 2.05) is 27.1 Å². The van der Waals surface area contributed by atoms with Gasteiger partial charge in [0, 0.05) is 29.7 Å². The first kappa shape index (κ1) is 21.0. The number of hydrogen-bond acceptors (Lipinski definition) is 5. The molecule has 1 aromatic carbocycles. The molecule has 0 aliphatic carbocycles. The van der Waals surface area contributed by atoms with Crippen LogP contribution in [0.4, 0.5) is 0 Å². The summed E-state index contributed by atoms with van der Waals surface area (Å²) in [5, 5.41) is 11.6. The highest BCUT2D eigenvalue weighted by Gasteiger charge is 2.17. The number of aromatic nitrogens is 3. The minimum absolute atomic E-state index is 0.103. The fraction of sp³-hybridized carbons (Fsp3) is 0.476. The molecule has 29 heavy (non-hydrogen) atoms. The van der Waals surface area contributed by atoms with E-state index in [4.69, 9.17) is 5.73 Å². The van der Waals surface area contributed by atoms with Gasteiger partial charge < -0.3 is 20.5 Å². The number of nitrogens with one attached hydrogen (secondary N) is 2. The van der Waals surface area contributed by atoms with Gasteiger partial charge in [0.1, 0.15) is 5.52 Å². The molecule has 0 unspecified atom stereocenters. The summed E-state index contributed by atoms with van der Waals surface area (Å²) < 4.78 is 1.71. The summed E-state index contributed by atoms with van der Waals surface area (Å²) >= 11 is 0. The topological polar surface area (TPSA) is 109 Å². The van der Waals surface area contributed by atoms with Crippen LogP contribution in [0.1, 0.15) is 35.3 Å². The van der Waals surface area contributed by atoms with Crippen molar-refractivity contribution in [1.82, 2.24) is 25.0 Å². The van der Waals surface area contributed by atoms with Crippen molar-refractivity contribution >= 4 is 27.7 Å². The van der Waals surface area contributed by atoms with E-state index in [0.29, 0.717) is 48.0 Å². The average Bonchev–Trinajstić information content (AvgIpc) is 3.09. The van der Waals surface area contributed by atoms with Crippen LogP contribution in [-0.4, -0.2) is 59.3 Å². The third-order valence-corrected chi connectivity index (χ3v) is 5.12. The molecule has 4 N–H and O–H groups in total. The first-order valence-electron chi connectivity index (χ1n) is 10.1. The second kappa shape index (κ2) is 9.19. The molecule has 0 aliphatic heterocycles. The number of amides is 1. The van der Waals surface area contributed by atoms with Crippen molar-refractivity contribution in [3.8, 4) is 0 Å². The highest BCUT2D eigenvalue weighted by Crippen LogP contribution is 2.24. The zero-order valence-electron chi connectivity index (χ0n) is 17.4. The second-order valence-electron chi connectivity index (χ2n) is 7.67. The lowest BCUT2D eigenvalue weighted by atomic mass is 10.1. The molecule has 0 atom stereocenters. The largest absolute Gasteiger partial charge is 0.352 e. The lowest BCUT2D eigenvalue weighted by Gasteiger charge is -2.13. The lowest BCUT2D eigenvalue weighted by molar-refractivity contribution is 0.0953. The standard InChI is InChI=1S/C21H30N6O2/c1-14-18-19(25-24-14)16-8-7-15(20(28)23-10-4-5-11-26(2)3)13-17(16)27(21(18)29)12-6-9-22/h7-8,13H,4-6,9-12,22H2,1-3H3,(H,23,28)(H,24,25). The fourth-order valence-corrected chi connectivity index (χ4v) is 3.55. The molecule has 0 bridgehead atoms. The first-order chi connectivity index (χ1) is 13.9. The maximum atomic E-state index is 13.1. The van der Waals surface area contributed by atoms with E-state index < -0.39 is 0 Å². The van der Waals surface area contributed by atoms with Crippen LogP contribution in [0.2, 0.25) is 0 Å². The van der Waals surface area contributed by atoms with Gasteiger partial charge in [-0.05, 0) is 71.6 Å². The number of hydrogen-bond donors (Lipinski definition) is 3. The number of aryl methyl sites for hydroxylation is 2. The quantitative estimate of drug-likeness (QED) is 0.475. The Morgan fingerprint density at radius 1 is 1.28 bits per heavy atom. The number of carbonyl (C=O) groups is 1. The third-order valence-electron chi connectivity index (χ3n) is 5.12. The van der Waals surface area contributed by atoms with E-state index in [9.17, 15) is 9.59 Å². The summed E-state index contributed by atoms with van der Waals surface area (Å²) in [7, 11) is 4.07. The number of carbonyl (C=O) groups excluding carboxylic acids is 1. The van der Waals surface area contributed by atoms with Crippen molar-refractivity contribution < 1.29 is 4.79 Å². The number of benzene rings is 1. The van der Waals surface area contributed by atoms with Crippen LogP contribution in [-0.2, 0) is 6.54 Å². The molecule has 0 radical (unpaired) electrons. The number of aromatic amines is 1. The van der Waals surface area contributed by atoms with E-state index in [1.165, 1.54) is 0 Å². The van der Waals surface area contributed by atoms with E-state index in [1.54, 1.807) is 16.7 Å². The number of nitrogens with two attached hydrogens (primary N) is 1. The van der Waals surface area contributed by atoms with Gasteiger partial charge in [-0.15, -0.1) is 0 Å². The Hall–Kier alpha value is -2.71. The van der Waals surface area contributed by atoms with Gasteiger partial charge in [0.05, 0.1) is 10.9 Å². The second-order valence-corrected chi connectivity index (χ2v) is 7.67. The summed E-state index contributed by atoms with van der Waals surface area (Å²) in [6, 6.07) is 5.45. The molecular formula is C21H30N6O2. The number of fused-ring (bicyclic) bond motifs is 3. The smallest absolute Gasteiger partial charge is 0.262 e. The molecule has 156 valence electrons. The van der Waals surface area contributed by atoms with E-state index in [2.05, 4.69) is 20.4 Å². The summed E-state index contributed by atoms with van der Waals surface area (Å²) in [5.41, 5.74) is 8.20. The SMILES string of the molecule is Cc1[nH]nc2c1c(=O)n(CCCN)c1cc(C(=O)NCCCCN(C)C)ccc21. The van der Waals surface area contributed by atoms with Gasteiger partial charge in [0.15, 0.2) is 0 Å². The Kier molecular flexibility index (Phi) is 6.66. The Morgan fingerprint density at radius 2 is 2.07 bits per heavy atom. The molecule has 0 saturated heterocycles. The molecule has 3 aromatic rings. The summed E-state index contributed by atoms with van der Waals surface area (Å²) in [6.07, 6.45) is 2.63. The first-order valence-corrected chi connectivity index (χ1v) is 10.1. The summed E-state index contributed by atoms with van der Waals surface area (Å²) in [4.78, 5) is 27.8. The van der Waals surface area contributed by atoms with Gasteiger partial charge in [-0.1, -0.05) is 0 Å². The van der Waals surface area contributed by atoms with Gasteiger partial charge in [0.2, 0.25) is 0 Å². The van der Waals surface area contributed by atoms with Crippen LogP contribution in [0.5, 0.6) is 0 Å². The van der Waals surface area contributed by atoms with Gasteiger partial charge in [-0.2, -0.15) is 5.10 Å². The molecule has 3 rings (SSSR count). The highest BCUT2D eigenvalue weighted by atomic mass is 16.1. The van der Waals surface area contributed by atoms with Gasteiger partial charge in [0.25, 0.3) is 11.5 Å². The Labute approximate surface area is 170 Å². The Bertz CT molecular complexity index is 1070. The number of rotatable bonds is 9. The summed E-state index contributed by atoms with van der Waals surface area (Å²) in [6.45, 7) is 4.46. The Balaban J connectivity index is 1.92. The summed E-state index contributed by atoms with van der Waals surface area (Å²) in [5.74, 6) is -0.132. The molecule has 8 heteroatoms. The normalized spacial score (nSPS) is 11.6. The zero-order chi connectivity index (χ0) is 21.0. The molecule has 0 fully saturated rings. The van der Waals surface area contributed by atoms with Crippen LogP contribution in [0, 0.1) is 6.92 Å². The maximum absolute atomic E-state index is 13.1. The van der Waals surface area contributed by atoms with Gasteiger partial charge in [-0.25, -0.2) is 0 Å². The predicted molar refractivity (Wildman–Crippen MR) is 116 cm³/mol. The number of nitrogens with zero attached hydrogens (tertiary/aromatic N) is 3. The van der Waals surface area contributed by atoms with Crippen molar-refractivity contribution in [2.45, 2.75) is 32.7 Å². The molecule has 2 heterocycles. The van der Waals surface area contributed by atoms with Crippen LogP contribution in [0.15, 0.2) is 23.0 Å². The van der Waals surface area contributed by atoms with Crippen LogP contribution < -0.4 is 16.6 Å². The molecule has 2 aromatic heterocycles. The molecule has 0 aliphatic rings. The monoisotopic (exact) mass is 398 g/mol. The molecule has 8 nitrogen and oxygen atoms in total. The third kappa shape index (κ3) is 4.49. The van der Waals surface area contributed by atoms with Gasteiger partial charge in [-0.3, -0.25) is 14.7 Å². The Morgan fingerprint density at radius 3 is 2.79 bits per heavy atom. The minimum Gasteiger partial charge on any atom is -0.352 e. The highest BCUT2D eigenvalue weighted by molar-refractivity contribution is 6.06.